The van der Waals surface area contributed by atoms with Crippen LogP contribution in [0.4, 0.5) is 10.1 Å². The lowest BCUT2D eigenvalue weighted by Gasteiger charge is -2.22. The number of benzene rings is 1. The summed E-state index contributed by atoms with van der Waals surface area (Å²) in [6, 6.07) is 3.35. The molecule has 0 aliphatic carbocycles. The molecule has 1 aromatic rings. The first-order chi connectivity index (χ1) is 9.01. The first-order valence-corrected chi connectivity index (χ1v) is 7.72. The Balaban J connectivity index is 2.76. The molecule has 0 amide bonds. The van der Waals surface area contributed by atoms with E-state index in [1.165, 1.54) is 6.07 Å². The topological polar surface area (TPSA) is 92.4 Å². The first-order valence-electron chi connectivity index (χ1n) is 6.24. The molecule has 0 aromatic heterocycles. The van der Waals surface area contributed by atoms with Gasteiger partial charge in [-0.15, -0.1) is 0 Å². The molecule has 0 aliphatic rings. The Morgan fingerprint density at radius 2 is 2.00 bits per heavy atom. The number of nitrogens with one attached hydrogen (secondary N) is 1. The summed E-state index contributed by atoms with van der Waals surface area (Å²) in [7, 11) is -4.00. The molecule has 0 saturated carbocycles. The van der Waals surface area contributed by atoms with Crippen molar-refractivity contribution in [2.45, 2.75) is 38.2 Å². The molecule has 1 atom stereocenters. The van der Waals surface area contributed by atoms with Crippen molar-refractivity contribution in [2.75, 3.05) is 12.3 Å². The number of nitrogen functional groups attached to an aromatic ring is 1. The van der Waals surface area contributed by atoms with Gasteiger partial charge in [-0.2, -0.15) is 0 Å². The smallest absolute Gasteiger partial charge is 0.243 e. The van der Waals surface area contributed by atoms with E-state index >= 15 is 0 Å². The second-order valence-corrected chi connectivity index (χ2v) is 7.70. The van der Waals surface area contributed by atoms with Gasteiger partial charge in [-0.3, -0.25) is 0 Å². The Hall–Kier alpha value is -1.18. The van der Waals surface area contributed by atoms with E-state index in [4.69, 9.17) is 5.73 Å². The molecule has 5 nitrogen and oxygen atoms in total. The average molecular weight is 304 g/mol. The van der Waals surface area contributed by atoms with Crippen LogP contribution < -0.4 is 10.5 Å². The zero-order chi connectivity index (χ0) is 15.6. The lowest BCUT2D eigenvalue weighted by atomic mass is 9.89. The minimum atomic E-state index is -4.00. The van der Waals surface area contributed by atoms with Gasteiger partial charge in [0, 0.05) is 12.2 Å². The van der Waals surface area contributed by atoms with Crippen molar-refractivity contribution in [2.24, 2.45) is 5.41 Å². The van der Waals surface area contributed by atoms with Gasteiger partial charge in [-0.1, -0.05) is 20.8 Å². The Morgan fingerprint density at radius 3 is 2.50 bits per heavy atom. The van der Waals surface area contributed by atoms with Crippen LogP contribution in [0.15, 0.2) is 23.1 Å². The molecule has 1 aromatic carbocycles. The van der Waals surface area contributed by atoms with Gasteiger partial charge in [0.25, 0.3) is 0 Å². The first kappa shape index (κ1) is 16.9. The van der Waals surface area contributed by atoms with Crippen molar-refractivity contribution in [1.29, 1.82) is 0 Å². The van der Waals surface area contributed by atoms with E-state index in [0.717, 1.165) is 12.1 Å². The molecule has 0 spiro atoms. The number of sulfonamides is 1. The summed E-state index contributed by atoms with van der Waals surface area (Å²) in [4.78, 5) is -0.477. The van der Waals surface area contributed by atoms with E-state index in [9.17, 15) is 17.9 Å². The van der Waals surface area contributed by atoms with Crippen LogP contribution in [0.1, 0.15) is 27.2 Å². The molecule has 0 heterocycles. The molecule has 0 saturated heterocycles. The molecule has 0 aliphatic heterocycles. The van der Waals surface area contributed by atoms with Crippen LogP contribution in [0.3, 0.4) is 0 Å². The van der Waals surface area contributed by atoms with Crippen LogP contribution in [-0.4, -0.2) is 26.2 Å². The van der Waals surface area contributed by atoms with Gasteiger partial charge < -0.3 is 10.8 Å². The maximum absolute atomic E-state index is 13.6. The van der Waals surface area contributed by atoms with Crippen molar-refractivity contribution in [3.05, 3.63) is 24.0 Å². The second-order valence-electron chi connectivity index (χ2n) is 5.96. The SMILES string of the molecule is CC(C)(C)CC(O)CNS(=O)(=O)c1ccc(N)cc1F. The Kier molecular flexibility index (Phi) is 5.12. The van der Waals surface area contributed by atoms with Gasteiger partial charge in [0.2, 0.25) is 10.0 Å². The zero-order valence-corrected chi connectivity index (χ0v) is 12.7. The second kappa shape index (κ2) is 6.07. The number of aliphatic hydroxyl groups is 1. The Labute approximate surface area is 119 Å². The highest BCUT2D eigenvalue weighted by Crippen LogP contribution is 2.21. The predicted octanol–water partition coefficient (Wildman–Crippen LogP) is 1.48. The molecule has 114 valence electrons. The lowest BCUT2D eigenvalue weighted by Crippen LogP contribution is -2.34. The number of rotatable bonds is 5. The van der Waals surface area contributed by atoms with Crippen molar-refractivity contribution in [1.82, 2.24) is 4.72 Å². The molecule has 0 radical (unpaired) electrons. The zero-order valence-electron chi connectivity index (χ0n) is 11.9. The van der Waals surface area contributed by atoms with E-state index in [0.29, 0.717) is 6.42 Å². The molecule has 4 N–H and O–H groups in total. The van der Waals surface area contributed by atoms with E-state index in [1.807, 2.05) is 20.8 Å². The van der Waals surface area contributed by atoms with Crippen LogP contribution in [0.25, 0.3) is 0 Å². The van der Waals surface area contributed by atoms with Gasteiger partial charge in [0.05, 0.1) is 6.10 Å². The third-order valence-electron chi connectivity index (χ3n) is 2.60. The van der Waals surface area contributed by atoms with Gasteiger partial charge in [0.1, 0.15) is 10.7 Å². The number of hydrogen-bond donors (Lipinski definition) is 3. The number of halogens is 1. The molecule has 1 unspecified atom stereocenters. The van der Waals surface area contributed by atoms with Crippen LogP contribution in [0.2, 0.25) is 0 Å². The van der Waals surface area contributed by atoms with E-state index in [2.05, 4.69) is 4.72 Å². The molecular weight excluding hydrogens is 283 g/mol. The third-order valence-corrected chi connectivity index (χ3v) is 4.06. The van der Waals surface area contributed by atoms with Crippen molar-refractivity contribution in [3.8, 4) is 0 Å². The highest BCUT2D eigenvalue weighted by molar-refractivity contribution is 7.89. The van der Waals surface area contributed by atoms with Crippen LogP contribution in [0, 0.1) is 11.2 Å². The standard InChI is InChI=1S/C13H21FN2O3S/c1-13(2,3)7-10(17)8-16-20(18,19)12-5-4-9(15)6-11(12)14/h4-6,10,16-17H,7-8,15H2,1-3H3. The van der Waals surface area contributed by atoms with Crippen molar-refractivity contribution in [3.63, 3.8) is 0 Å². The molecule has 1 rings (SSSR count). The number of nitrogens with two attached hydrogens (primary N) is 1. The largest absolute Gasteiger partial charge is 0.399 e. The van der Waals surface area contributed by atoms with Crippen LogP contribution in [-0.2, 0) is 10.0 Å². The molecule has 0 bridgehead atoms. The van der Waals surface area contributed by atoms with Crippen molar-refractivity contribution >= 4 is 15.7 Å². The lowest BCUT2D eigenvalue weighted by molar-refractivity contribution is 0.125. The summed E-state index contributed by atoms with van der Waals surface area (Å²) in [5, 5.41) is 9.77. The molecule has 7 heteroatoms. The number of anilines is 1. The fourth-order valence-electron chi connectivity index (χ4n) is 1.80. The molecule has 20 heavy (non-hydrogen) atoms. The van der Waals surface area contributed by atoms with Crippen LogP contribution >= 0.6 is 0 Å². The maximum Gasteiger partial charge on any atom is 0.243 e. The van der Waals surface area contributed by atoms with E-state index in [-0.39, 0.29) is 17.6 Å². The third kappa shape index (κ3) is 5.07. The minimum Gasteiger partial charge on any atom is -0.399 e. The van der Waals surface area contributed by atoms with Gasteiger partial charge >= 0.3 is 0 Å². The van der Waals surface area contributed by atoms with E-state index in [1.54, 1.807) is 0 Å². The predicted molar refractivity (Wildman–Crippen MR) is 76.1 cm³/mol. The summed E-state index contributed by atoms with van der Waals surface area (Å²) in [6.45, 7) is 5.64. The summed E-state index contributed by atoms with van der Waals surface area (Å²) >= 11 is 0. The quantitative estimate of drug-likeness (QED) is 0.718. The summed E-state index contributed by atoms with van der Waals surface area (Å²) in [5.74, 6) is -0.914. The minimum absolute atomic E-state index is 0.128. The molecule has 0 fully saturated rings. The Bertz CT molecular complexity index is 567. The number of aliphatic hydroxyl groups excluding tert-OH is 1. The van der Waals surface area contributed by atoms with Crippen LogP contribution in [0.5, 0.6) is 0 Å². The van der Waals surface area contributed by atoms with Crippen molar-refractivity contribution < 1.29 is 17.9 Å². The maximum atomic E-state index is 13.6. The monoisotopic (exact) mass is 304 g/mol. The summed E-state index contributed by atoms with van der Waals surface area (Å²) in [5.41, 5.74) is 5.39. The highest BCUT2D eigenvalue weighted by Gasteiger charge is 2.22. The average Bonchev–Trinajstić information content (AvgIpc) is 2.23. The number of hydrogen-bond acceptors (Lipinski definition) is 4. The fourth-order valence-corrected chi connectivity index (χ4v) is 2.93. The fraction of sp³-hybridized carbons (Fsp3) is 0.538. The van der Waals surface area contributed by atoms with Gasteiger partial charge in [-0.25, -0.2) is 17.5 Å². The van der Waals surface area contributed by atoms with Gasteiger partial charge in [0.15, 0.2) is 0 Å². The normalized spacial score (nSPS) is 14.2. The highest BCUT2D eigenvalue weighted by atomic mass is 32.2. The Morgan fingerprint density at radius 1 is 1.40 bits per heavy atom. The summed E-state index contributed by atoms with van der Waals surface area (Å²) in [6.07, 6.45) is -0.402. The van der Waals surface area contributed by atoms with E-state index < -0.39 is 26.8 Å². The van der Waals surface area contributed by atoms with Gasteiger partial charge in [-0.05, 0) is 30.0 Å². The summed E-state index contributed by atoms with van der Waals surface area (Å²) < 4.78 is 39.6. The molecular formula is C13H21FN2O3S.